The van der Waals surface area contributed by atoms with E-state index in [1.54, 1.807) is 17.3 Å². The monoisotopic (exact) mass is 367 g/mol. The highest BCUT2D eigenvalue weighted by molar-refractivity contribution is 6.31. The molecule has 1 atom stereocenters. The van der Waals surface area contributed by atoms with Crippen molar-refractivity contribution < 1.29 is 0 Å². The van der Waals surface area contributed by atoms with Gasteiger partial charge in [0.05, 0.1) is 5.69 Å². The maximum Gasteiger partial charge on any atom is 0.138 e. The van der Waals surface area contributed by atoms with Crippen LogP contribution in [0, 0.1) is 6.92 Å². The lowest BCUT2D eigenvalue weighted by atomic mass is 10.0. The van der Waals surface area contributed by atoms with Crippen molar-refractivity contribution in [2.24, 2.45) is 0 Å². The van der Waals surface area contributed by atoms with Gasteiger partial charge in [-0.2, -0.15) is 5.10 Å². The second kappa shape index (κ2) is 7.58. The van der Waals surface area contributed by atoms with Gasteiger partial charge in [0.1, 0.15) is 12.7 Å². The van der Waals surface area contributed by atoms with E-state index in [0.717, 1.165) is 36.9 Å². The number of nitrogens with one attached hydrogen (secondary N) is 1. The fraction of sp³-hybridized carbons (Fsp3) is 0.300. The lowest BCUT2D eigenvalue weighted by Crippen LogP contribution is -2.45. The van der Waals surface area contributed by atoms with Gasteiger partial charge in [-0.05, 0) is 35.7 Å². The van der Waals surface area contributed by atoms with E-state index in [1.807, 2.05) is 12.1 Å². The molecular formula is C20H22ClN5. The zero-order valence-corrected chi connectivity index (χ0v) is 15.5. The van der Waals surface area contributed by atoms with Crippen LogP contribution in [0.25, 0.3) is 5.69 Å². The van der Waals surface area contributed by atoms with E-state index >= 15 is 0 Å². The molecule has 2 aromatic carbocycles. The molecule has 4 rings (SSSR count). The summed E-state index contributed by atoms with van der Waals surface area (Å²) in [7, 11) is 0. The fourth-order valence-electron chi connectivity index (χ4n) is 3.63. The topological polar surface area (TPSA) is 46.0 Å². The van der Waals surface area contributed by atoms with E-state index in [2.05, 4.69) is 57.6 Å². The molecule has 0 bridgehead atoms. The molecule has 3 aromatic rings. The molecular weight excluding hydrogens is 346 g/mol. The largest absolute Gasteiger partial charge is 0.314 e. The van der Waals surface area contributed by atoms with Crippen molar-refractivity contribution in [3.8, 4) is 5.69 Å². The minimum atomic E-state index is 0.285. The molecule has 1 aromatic heterocycles. The molecule has 5 nitrogen and oxygen atoms in total. The predicted molar refractivity (Wildman–Crippen MR) is 104 cm³/mol. The van der Waals surface area contributed by atoms with Crippen LogP contribution in [0.1, 0.15) is 22.7 Å². The summed E-state index contributed by atoms with van der Waals surface area (Å²) in [5.74, 6) is 0. The van der Waals surface area contributed by atoms with Gasteiger partial charge in [-0.15, -0.1) is 0 Å². The first-order valence-electron chi connectivity index (χ1n) is 8.86. The second-order valence-corrected chi connectivity index (χ2v) is 7.08. The van der Waals surface area contributed by atoms with Gasteiger partial charge in [0.15, 0.2) is 0 Å². The molecule has 0 amide bonds. The van der Waals surface area contributed by atoms with E-state index < -0.39 is 0 Å². The van der Waals surface area contributed by atoms with E-state index in [4.69, 9.17) is 11.6 Å². The summed E-state index contributed by atoms with van der Waals surface area (Å²) in [6, 6.07) is 15.0. The van der Waals surface area contributed by atoms with Crippen LogP contribution in [0.4, 0.5) is 0 Å². The number of piperazine rings is 1. The van der Waals surface area contributed by atoms with E-state index in [1.165, 1.54) is 16.7 Å². The van der Waals surface area contributed by atoms with Crippen LogP contribution in [-0.2, 0) is 6.54 Å². The summed E-state index contributed by atoms with van der Waals surface area (Å²) >= 11 is 6.46. The number of benzene rings is 2. The number of hydrogen-bond donors (Lipinski definition) is 1. The van der Waals surface area contributed by atoms with Crippen molar-refractivity contribution in [1.29, 1.82) is 0 Å². The predicted octanol–water partition coefficient (Wildman–Crippen LogP) is 3.38. The molecule has 1 aliphatic heterocycles. The van der Waals surface area contributed by atoms with Crippen molar-refractivity contribution in [2.45, 2.75) is 19.5 Å². The Kier molecular flexibility index (Phi) is 5.02. The number of nitrogens with zero attached hydrogens (tertiary/aromatic N) is 4. The molecule has 1 aliphatic rings. The summed E-state index contributed by atoms with van der Waals surface area (Å²) < 4.78 is 1.80. The lowest BCUT2D eigenvalue weighted by molar-refractivity contribution is 0.154. The van der Waals surface area contributed by atoms with Crippen LogP contribution < -0.4 is 5.32 Å². The average molecular weight is 368 g/mol. The van der Waals surface area contributed by atoms with Crippen molar-refractivity contribution in [2.75, 3.05) is 19.6 Å². The number of halogens is 1. The molecule has 2 heterocycles. The summed E-state index contributed by atoms with van der Waals surface area (Å²) in [6.07, 6.45) is 3.29. The maximum atomic E-state index is 6.46. The number of aromatic nitrogens is 3. The quantitative estimate of drug-likeness (QED) is 0.768. The molecule has 6 heteroatoms. The molecule has 1 unspecified atom stereocenters. The van der Waals surface area contributed by atoms with Gasteiger partial charge >= 0.3 is 0 Å². The SMILES string of the molecule is Cc1cc(CN2CCNCC2c2ccccc2Cl)ccc1-n1cncn1. The van der Waals surface area contributed by atoms with Gasteiger partial charge in [0, 0.05) is 37.2 Å². The Balaban J connectivity index is 1.57. The van der Waals surface area contributed by atoms with Gasteiger partial charge in [0.2, 0.25) is 0 Å². The van der Waals surface area contributed by atoms with Crippen LogP contribution in [0.15, 0.2) is 55.1 Å². The number of hydrogen-bond acceptors (Lipinski definition) is 4. The van der Waals surface area contributed by atoms with Crippen LogP contribution in [0.5, 0.6) is 0 Å². The minimum absolute atomic E-state index is 0.285. The summed E-state index contributed by atoms with van der Waals surface area (Å²) in [4.78, 5) is 6.53. The molecule has 26 heavy (non-hydrogen) atoms. The highest BCUT2D eigenvalue weighted by Crippen LogP contribution is 2.30. The summed E-state index contributed by atoms with van der Waals surface area (Å²) in [5.41, 5.74) is 4.74. The third-order valence-electron chi connectivity index (χ3n) is 4.93. The first-order chi connectivity index (χ1) is 12.7. The summed E-state index contributed by atoms with van der Waals surface area (Å²) in [6.45, 7) is 5.93. The standard InChI is InChI=1S/C20H22ClN5/c1-15-10-16(6-7-19(15)26-14-23-13-24-26)12-25-9-8-22-11-20(25)17-4-2-3-5-18(17)21/h2-7,10,13-14,20,22H,8-9,11-12H2,1H3. The van der Waals surface area contributed by atoms with Crippen molar-refractivity contribution in [3.63, 3.8) is 0 Å². The fourth-order valence-corrected chi connectivity index (χ4v) is 3.89. The van der Waals surface area contributed by atoms with Crippen molar-refractivity contribution in [1.82, 2.24) is 25.0 Å². The van der Waals surface area contributed by atoms with Crippen molar-refractivity contribution >= 4 is 11.6 Å². The lowest BCUT2D eigenvalue weighted by Gasteiger charge is -2.37. The highest BCUT2D eigenvalue weighted by atomic mass is 35.5. The van der Waals surface area contributed by atoms with Gasteiger partial charge in [0.25, 0.3) is 0 Å². The Morgan fingerprint density at radius 1 is 1.23 bits per heavy atom. The van der Waals surface area contributed by atoms with E-state index in [9.17, 15) is 0 Å². The second-order valence-electron chi connectivity index (χ2n) is 6.67. The van der Waals surface area contributed by atoms with Crippen LogP contribution >= 0.6 is 11.6 Å². The maximum absolute atomic E-state index is 6.46. The molecule has 1 saturated heterocycles. The summed E-state index contributed by atoms with van der Waals surface area (Å²) in [5, 5.41) is 8.56. The first-order valence-corrected chi connectivity index (χ1v) is 9.24. The highest BCUT2D eigenvalue weighted by Gasteiger charge is 2.25. The molecule has 0 radical (unpaired) electrons. The Morgan fingerprint density at radius 2 is 2.12 bits per heavy atom. The van der Waals surface area contributed by atoms with Crippen LogP contribution in [0.2, 0.25) is 5.02 Å². The normalized spacial score (nSPS) is 18.2. The van der Waals surface area contributed by atoms with Gasteiger partial charge in [-0.1, -0.05) is 41.9 Å². The Hall–Kier alpha value is -2.21. The van der Waals surface area contributed by atoms with E-state index in [0.29, 0.717) is 0 Å². The Labute approximate surface area is 158 Å². The average Bonchev–Trinajstić information content (AvgIpc) is 3.17. The number of aryl methyl sites for hydroxylation is 1. The smallest absolute Gasteiger partial charge is 0.138 e. The molecule has 134 valence electrons. The van der Waals surface area contributed by atoms with Gasteiger partial charge < -0.3 is 5.32 Å². The first kappa shape index (κ1) is 17.2. The van der Waals surface area contributed by atoms with Crippen molar-refractivity contribution in [3.05, 3.63) is 76.8 Å². The molecule has 1 fully saturated rings. The van der Waals surface area contributed by atoms with Crippen LogP contribution in [0.3, 0.4) is 0 Å². The Bertz CT molecular complexity index is 878. The molecule has 0 saturated carbocycles. The molecule has 0 aliphatic carbocycles. The number of rotatable bonds is 4. The zero-order valence-electron chi connectivity index (χ0n) is 14.8. The third-order valence-corrected chi connectivity index (χ3v) is 5.28. The molecule has 0 spiro atoms. The minimum Gasteiger partial charge on any atom is -0.314 e. The van der Waals surface area contributed by atoms with Gasteiger partial charge in [-0.3, -0.25) is 4.90 Å². The molecule has 1 N–H and O–H groups in total. The van der Waals surface area contributed by atoms with Crippen LogP contribution in [-0.4, -0.2) is 39.3 Å². The van der Waals surface area contributed by atoms with Gasteiger partial charge in [-0.25, -0.2) is 9.67 Å². The van der Waals surface area contributed by atoms with E-state index in [-0.39, 0.29) is 6.04 Å². The third kappa shape index (κ3) is 3.51. The zero-order chi connectivity index (χ0) is 17.9. The Morgan fingerprint density at radius 3 is 2.88 bits per heavy atom.